The number of anilines is 1. The third-order valence-electron chi connectivity index (χ3n) is 4.14. The highest BCUT2D eigenvalue weighted by Crippen LogP contribution is 2.27. The second-order valence-electron chi connectivity index (χ2n) is 6.86. The molecular weight excluding hydrogens is 388 g/mol. The Morgan fingerprint density at radius 3 is 2.55 bits per heavy atom. The topological polar surface area (TPSA) is 88.4 Å². The number of nitrogens with zero attached hydrogens (tertiary/aromatic N) is 1. The van der Waals surface area contributed by atoms with E-state index in [1.54, 1.807) is 18.2 Å². The first-order valence-electron chi connectivity index (χ1n) is 9.15. The van der Waals surface area contributed by atoms with Crippen LogP contribution in [-0.2, 0) is 14.3 Å². The van der Waals surface area contributed by atoms with Crippen molar-refractivity contribution in [1.82, 2.24) is 0 Å². The summed E-state index contributed by atoms with van der Waals surface area (Å²) in [4.78, 5) is 24.8. The molecule has 0 aliphatic rings. The van der Waals surface area contributed by atoms with Gasteiger partial charge < -0.3 is 14.8 Å². The van der Waals surface area contributed by atoms with E-state index in [0.29, 0.717) is 11.4 Å². The van der Waals surface area contributed by atoms with Gasteiger partial charge in [0.1, 0.15) is 11.2 Å². The smallest absolute Gasteiger partial charge is 0.344 e. The Hall–Kier alpha value is -2.98. The van der Waals surface area contributed by atoms with Crippen LogP contribution in [0.15, 0.2) is 41.3 Å². The van der Waals surface area contributed by atoms with Gasteiger partial charge in [0, 0.05) is 10.6 Å². The molecule has 0 aliphatic carbocycles. The predicted octanol–water partition coefficient (Wildman–Crippen LogP) is 4.56. The molecule has 0 heterocycles. The Morgan fingerprint density at radius 2 is 1.90 bits per heavy atom. The van der Waals surface area contributed by atoms with Crippen LogP contribution in [0.2, 0.25) is 0 Å². The maximum absolute atomic E-state index is 12.1. The number of thiocyanates is 1. The monoisotopic (exact) mass is 412 g/mol. The minimum Gasteiger partial charge on any atom is -0.482 e. The number of carbonyl (C=O) groups is 2. The zero-order valence-corrected chi connectivity index (χ0v) is 17.8. The first-order valence-corrected chi connectivity index (χ1v) is 9.97. The van der Waals surface area contributed by atoms with E-state index in [4.69, 9.17) is 14.7 Å². The molecule has 0 saturated heterocycles. The van der Waals surface area contributed by atoms with Crippen molar-refractivity contribution in [2.75, 3.05) is 18.5 Å². The zero-order valence-electron chi connectivity index (χ0n) is 16.9. The number of benzene rings is 2. The maximum atomic E-state index is 12.1. The molecule has 0 spiro atoms. The fraction of sp³-hybridized carbons (Fsp3) is 0.318. The predicted molar refractivity (Wildman–Crippen MR) is 113 cm³/mol. The third-order valence-corrected chi connectivity index (χ3v) is 4.72. The Kier molecular flexibility index (Phi) is 8.10. The first kappa shape index (κ1) is 22.3. The Morgan fingerprint density at radius 1 is 1.14 bits per heavy atom. The van der Waals surface area contributed by atoms with Crippen molar-refractivity contribution in [3.63, 3.8) is 0 Å². The van der Waals surface area contributed by atoms with Crippen LogP contribution in [0.4, 0.5) is 5.69 Å². The van der Waals surface area contributed by atoms with Gasteiger partial charge in [0.05, 0.1) is 0 Å². The van der Waals surface area contributed by atoms with E-state index in [1.165, 1.54) is 0 Å². The molecule has 152 valence electrons. The van der Waals surface area contributed by atoms with Crippen molar-refractivity contribution in [3.8, 4) is 11.2 Å². The van der Waals surface area contributed by atoms with Crippen molar-refractivity contribution in [1.29, 1.82) is 5.26 Å². The number of esters is 1. The van der Waals surface area contributed by atoms with Gasteiger partial charge in [-0.2, -0.15) is 5.26 Å². The maximum Gasteiger partial charge on any atom is 0.344 e. The fourth-order valence-electron chi connectivity index (χ4n) is 2.65. The second-order valence-corrected chi connectivity index (χ2v) is 7.72. The van der Waals surface area contributed by atoms with Crippen LogP contribution in [0.5, 0.6) is 5.75 Å². The number of thioether (sulfide) groups is 1. The normalized spacial score (nSPS) is 10.3. The highest BCUT2D eigenvalue weighted by Gasteiger charge is 2.13. The fourth-order valence-corrected chi connectivity index (χ4v) is 3.12. The number of ether oxygens (including phenoxy) is 2. The number of rotatable bonds is 8. The molecule has 6 nitrogen and oxygen atoms in total. The van der Waals surface area contributed by atoms with Crippen LogP contribution < -0.4 is 10.1 Å². The van der Waals surface area contributed by atoms with Crippen molar-refractivity contribution in [2.24, 2.45) is 0 Å². The van der Waals surface area contributed by atoms with Crippen LogP contribution in [0, 0.1) is 24.5 Å². The van der Waals surface area contributed by atoms with Gasteiger partial charge >= 0.3 is 5.97 Å². The van der Waals surface area contributed by atoms with E-state index in [1.807, 2.05) is 51.3 Å². The zero-order chi connectivity index (χ0) is 21.4. The summed E-state index contributed by atoms with van der Waals surface area (Å²) in [5.41, 5.74) is 3.46. The Balaban J connectivity index is 1.85. The molecule has 0 bridgehead atoms. The summed E-state index contributed by atoms with van der Waals surface area (Å²) < 4.78 is 10.6. The molecule has 0 saturated carbocycles. The van der Waals surface area contributed by atoms with Crippen LogP contribution >= 0.6 is 11.8 Å². The van der Waals surface area contributed by atoms with Gasteiger partial charge in [0.2, 0.25) is 0 Å². The third kappa shape index (κ3) is 6.84. The number of nitrogens with one attached hydrogen (secondary N) is 1. The Labute approximate surface area is 175 Å². The lowest BCUT2D eigenvalue weighted by atomic mass is 10.0. The number of amides is 1. The van der Waals surface area contributed by atoms with Crippen LogP contribution in [0.1, 0.15) is 36.5 Å². The highest BCUT2D eigenvalue weighted by atomic mass is 32.2. The van der Waals surface area contributed by atoms with Crippen molar-refractivity contribution in [2.45, 2.75) is 38.5 Å². The van der Waals surface area contributed by atoms with Gasteiger partial charge in [0.15, 0.2) is 13.2 Å². The van der Waals surface area contributed by atoms with E-state index >= 15 is 0 Å². The quantitative estimate of drug-likeness (QED) is 0.388. The lowest BCUT2D eigenvalue weighted by Gasteiger charge is -2.14. The van der Waals surface area contributed by atoms with E-state index in [-0.39, 0.29) is 12.5 Å². The SMILES string of the molecule is Cc1ccc(C(C)C)c(OCC(=O)OCC(=O)Nc2ccc(SC#N)cc2C)c1. The van der Waals surface area contributed by atoms with Gasteiger partial charge in [-0.05, 0) is 72.5 Å². The van der Waals surface area contributed by atoms with E-state index in [9.17, 15) is 9.59 Å². The molecule has 1 amide bonds. The number of carbonyl (C=O) groups excluding carboxylic acids is 2. The molecule has 1 N–H and O–H groups in total. The summed E-state index contributed by atoms with van der Waals surface area (Å²) in [6.07, 6.45) is 0. The van der Waals surface area contributed by atoms with E-state index in [2.05, 4.69) is 5.32 Å². The molecule has 2 aromatic carbocycles. The molecule has 2 rings (SSSR count). The number of nitriles is 1. The molecule has 29 heavy (non-hydrogen) atoms. The standard InChI is InChI=1S/C22H24N2O4S/c1-14(2)18-7-5-15(3)9-20(18)27-12-22(26)28-11-21(25)24-19-8-6-17(29-13-23)10-16(19)4/h5-10,14H,11-12H2,1-4H3,(H,24,25). The number of hydrogen-bond acceptors (Lipinski definition) is 6. The average Bonchev–Trinajstić information content (AvgIpc) is 2.67. The van der Waals surface area contributed by atoms with Crippen LogP contribution in [0.3, 0.4) is 0 Å². The van der Waals surface area contributed by atoms with E-state index in [0.717, 1.165) is 33.3 Å². The molecule has 7 heteroatoms. The first-order chi connectivity index (χ1) is 13.8. The Bertz CT molecular complexity index is 935. The van der Waals surface area contributed by atoms with Crippen molar-refractivity contribution < 1.29 is 19.1 Å². The number of aryl methyl sites for hydroxylation is 2. The number of hydrogen-bond donors (Lipinski definition) is 1. The minimum absolute atomic E-state index is 0.258. The minimum atomic E-state index is -0.617. The summed E-state index contributed by atoms with van der Waals surface area (Å²) in [6.45, 7) is 7.20. The molecular formula is C22H24N2O4S. The van der Waals surface area contributed by atoms with Crippen molar-refractivity contribution >= 4 is 29.3 Å². The summed E-state index contributed by atoms with van der Waals surface area (Å²) in [7, 11) is 0. The highest BCUT2D eigenvalue weighted by molar-refractivity contribution is 8.03. The van der Waals surface area contributed by atoms with Gasteiger partial charge in [0.25, 0.3) is 5.91 Å². The largest absolute Gasteiger partial charge is 0.482 e. The average molecular weight is 413 g/mol. The molecule has 0 unspecified atom stereocenters. The molecule has 2 aromatic rings. The summed E-state index contributed by atoms with van der Waals surface area (Å²) >= 11 is 1.05. The van der Waals surface area contributed by atoms with E-state index < -0.39 is 18.5 Å². The lowest BCUT2D eigenvalue weighted by molar-refractivity contribution is -0.149. The van der Waals surface area contributed by atoms with Crippen molar-refractivity contribution in [3.05, 3.63) is 53.1 Å². The summed E-state index contributed by atoms with van der Waals surface area (Å²) in [6, 6.07) is 11.1. The second kappa shape index (κ2) is 10.5. The molecule has 0 fully saturated rings. The molecule has 0 radical (unpaired) electrons. The van der Waals surface area contributed by atoms with Gasteiger partial charge in [-0.15, -0.1) is 0 Å². The molecule has 0 aliphatic heterocycles. The molecule has 0 atom stereocenters. The molecule has 0 aromatic heterocycles. The summed E-state index contributed by atoms with van der Waals surface area (Å²) in [5.74, 6) is -0.157. The van der Waals surface area contributed by atoms with Gasteiger partial charge in [-0.25, -0.2) is 4.79 Å². The summed E-state index contributed by atoms with van der Waals surface area (Å²) in [5, 5.41) is 13.4. The van der Waals surface area contributed by atoms with Gasteiger partial charge in [-0.1, -0.05) is 26.0 Å². The lowest BCUT2D eigenvalue weighted by Crippen LogP contribution is -2.24. The van der Waals surface area contributed by atoms with Crippen LogP contribution in [0.25, 0.3) is 0 Å². The van der Waals surface area contributed by atoms with Gasteiger partial charge in [-0.3, -0.25) is 4.79 Å². The van der Waals surface area contributed by atoms with Crippen LogP contribution in [-0.4, -0.2) is 25.1 Å².